The molecule has 0 bridgehead atoms. The fourth-order valence-corrected chi connectivity index (χ4v) is 3.55. The average Bonchev–Trinajstić information content (AvgIpc) is 3.19. The van der Waals surface area contributed by atoms with Gasteiger partial charge in [0, 0.05) is 41.8 Å². The van der Waals surface area contributed by atoms with Gasteiger partial charge < -0.3 is 10.6 Å². The van der Waals surface area contributed by atoms with E-state index in [9.17, 15) is 0 Å². The molecule has 2 N–H and O–H groups in total. The number of rotatable bonds is 5. The van der Waals surface area contributed by atoms with Crippen LogP contribution in [0.1, 0.15) is 28.6 Å². The van der Waals surface area contributed by atoms with Crippen molar-refractivity contribution in [1.82, 2.24) is 15.6 Å². The maximum Gasteiger partial charge on any atom is 0.191 e. The molecule has 0 amide bonds. The third-order valence-electron chi connectivity index (χ3n) is 3.97. The quantitative estimate of drug-likeness (QED) is 0.604. The van der Waals surface area contributed by atoms with Crippen LogP contribution in [0.25, 0.3) is 0 Å². The predicted molar refractivity (Wildman–Crippen MR) is 100 cm³/mol. The molecule has 3 rings (SSSR count). The number of nitrogens with one attached hydrogen (secondary N) is 2. The van der Waals surface area contributed by atoms with E-state index < -0.39 is 0 Å². The number of aliphatic imine (C=N–C) groups is 1. The maximum absolute atomic E-state index is 4.48. The van der Waals surface area contributed by atoms with Crippen molar-refractivity contribution in [3.05, 3.63) is 50.4 Å². The van der Waals surface area contributed by atoms with Crippen LogP contribution in [0, 0.1) is 6.92 Å². The van der Waals surface area contributed by atoms with Crippen molar-refractivity contribution in [3.63, 3.8) is 0 Å². The van der Waals surface area contributed by atoms with E-state index in [-0.39, 0.29) is 0 Å². The molecule has 4 nitrogen and oxygen atoms in total. The summed E-state index contributed by atoms with van der Waals surface area (Å²) in [6.45, 7) is 2.88. The Morgan fingerprint density at radius 3 is 2.83 bits per heavy atom. The number of aryl methyl sites for hydroxylation is 1. The predicted octanol–water partition coefficient (Wildman–Crippen LogP) is 3.48. The molecule has 0 spiro atoms. The topological polar surface area (TPSA) is 49.3 Å². The summed E-state index contributed by atoms with van der Waals surface area (Å²) in [7, 11) is 1.82. The van der Waals surface area contributed by atoms with Crippen LogP contribution >= 0.6 is 27.3 Å². The lowest BCUT2D eigenvalue weighted by atomic mass is 10.1. The highest BCUT2D eigenvalue weighted by molar-refractivity contribution is 9.10. The SMILES string of the molecule is CN=C(NCCc1csc(C)n1)NC1CC1c1ccc(Br)cc1. The molecule has 1 aromatic carbocycles. The number of halogens is 1. The van der Waals surface area contributed by atoms with Crippen LogP contribution in [-0.4, -0.2) is 30.6 Å². The van der Waals surface area contributed by atoms with E-state index in [1.807, 2.05) is 14.0 Å². The van der Waals surface area contributed by atoms with Crippen LogP contribution in [0.5, 0.6) is 0 Å². The second-order valence-corrected chi connectivity index (χ2v) is 7.73. The summed E-state index contributed by atoms with van der Waals surface area (Å²) in [6.07, 6.45) is 2.08. The molecule has 1 heterocycles. The Balaban J connectivity index is 1.44. The molecule has 6 heteroatoms. The Hall–Kier alpha value is -1.40. The molecule has 2 unspecified atom stereocenters. The number of thiazole rings is 1. The first-order chi connectivity index (χ1) is 11.2. The number of hydrogen-bond donors (Lipinski definition) is 2. The Labute approximate surface area is 149 Å². The van der Waals surface area contributed by atoms with E-state index >= 15 is 0 Å². The third kappa shape index (κ3) is 4.54. The molecule has 1 aliphatic carbocycles. The Bertz CT molecular complexity index is 680. The van der Waals surface area contributed by atoms with Crippen molar-refractivity contribution in [2.75, 3.05) is 13.6 Å². The normalized spacial score (nSPS) is 20.4. The molecule has 122 valence electrons. The lowest BCUT2D eigenvalue weighted by Gasteiger charge is -2.11. The van der Waals surface area contributed by atoms with E-state index in [4.69, 9.17) is 0 Å². The minimum absolute atomic E-state index is 0.476. The highest BCUT2D eigenvalue weighted by Gasteiger charge is 2.38. The molecule has 2 atom stereocenters. The molecule has 0 radical (unpaired) electrons. The summed E-state index contributed by atoms with van der Waals surface area (Å²) in [5, 5.41) is 10.1. The second kappa shape index (κ2) is 7.45. The number of hydrogen-bond acceptors (Lipinski definition) is 3. The molecular formula is C17H21BrN4S. The molecule has 23 heavy (non-hydrogen) atoms. The molecule has 1 saturated carbocycles. The largest absolute Gasteiger partial charge is 0.356 e. The fourth-order valence-electron chi connectivity index (χ4n) is 2.64. The summed E-state index contributed by atoms with van der Waals surface area (Å²) in [5.74, 6) is 1.46. The standard InChI is InChI=1S/C17H21BrN4S/c1-11-21-14(10-23-11)7-8-20-17(19-2)22-16-9-15(16)12-3-5-13(18)6-4-12/h3-6,10,15-16H,7-9H2,1-2H3,(H2,19,20,22). The van der Waals surface area contributed by atoms with E-state index in [1.54, 1.807) is 11.3 Å². The van der Waals surface area contributed by atoms with Gasteiger partial charge in [0.05, 0.1) is 10.7 Å². The van der Waals surface area contributed by atoms with Crippen LogP contribution in [0.4, 0.5) is 0 Å². The van der Waals surface area contributed by atoms with Gasteiger partial charge in [0.25, 0.3) is 0 Å². The molecule has 0 saturated heterocycles. The van der Waals surface area contributed by atoms with Crippen molar-refractivity contribution in [2.24, 2.45) is 4.99 Å². The Kier molecular flexibility index (Phi) is 5.33. The first kappa shape index (κ1) is 16.5. The zero-order valence-corrected chi connectivity index (χ0v) is 15.7. The fraction of sp³-hybridized carbons (Fsp3) is 0.412. The lowest BCUT2D eigenvalue weighted by molar-refractivity contribution is 0.773. The summed E-state index contributed by atoms with van der Waals surface area (Å²) >= 11 is 5.18. The van der Waals surface area contributed by atoms with Crippen LogP contribution in [0.2, 0.25) is 0 Å². The number of guanidine groups is 1. The zero-order chi connectivity index (χ0) is 16.2. The first-order valence-electron chi connectivity index (χ1n) is 7.79. The van der Waals surface area contributed by atoms with Gasteiger partial charge in [-0.2, -0.15) is 0 Å². The minimum atomic E-state index is 0.476. The highest BCUT2D eigenvalue weighted by Crippen LogP contribution is 2.40. The van der Waals surface area contributed by atoms with Crippen molar-refractivity contribution in [1.29, 1.82) is 0 Å². The van der Waals surface area contributed by atoms with Gasteiger partial charge >= 0.3 is 0 Å². The van der Waals surface area contributed by atoms with Gasteiger partial charge in [-0.3, -0.25) is 4.99 Å². The van der Waals surface area contributed by atoms with Gasteiger partial charge in [0.15, 0.2) is 5.96 Å². The van der Waals surface area contributed by atoms with Gasteiger partial charge in [-0.25, -0.2) is 4.98 Å². The highest BCUT2D eigenvalue weighted by atomic mass is 79.9. The van der Waals surface area contributed by atoms with Gasteiger partial charge in [-0.15, -0.1) is 11.3 Å². The zero-order valence-electron chi connectivity index (χ0n) is 13.3. The smallest absolute Gasteiger partial charge is 0.191 e. The van der Waals surface area contributed by atoms with Gasteiger partial charge in [0.2, 0.25) is 0 Å². The van der Waals surface area contributed by atoms with E-state index in [2.05, 4.69) is 66.2 Å². The first-order valence-corrected chi connectivity index (χ1v) is 9.46. The van der Waals surface area contributed by atoms with Crippen molar-refractivity contribution < 1.29 is 0 Å². The van der Waals surface area contributed by atoms with Crippen LogP contribution in [0.3, 0.4) is 0 Å². The van der Waals surface area contributed by atoms with E-state index in [0.29, 0.717) is 12.0 Å². The van der Waals surface area contributed by atoms with Gasteiger partial charge in [-0.1, -0.05) is 28.1 Å². The Morgan fingerprint density at radius 2 is 2.17 bits per heavy atom. The van der Waals surface area contributed by atoms with Crippen LogP contribution < -0.4 is 10.6 Å². The molecule has 1 aliphatic rings. The van der Waals surface area contributed by atoms with Crippen LogP contribution in [-0.2, 0) is 6.42 Å². The van der Waals surface area contributed by atoms with E-state index in [1.165, 1.54) is 5.56 Å². The second-order valence-electron chi connectivity index (χ2n) is 5.75. The van der Waals surface area contributed by atoms with Crippen molar-refractivity contribution in [3.8, 4) is 0 Å². The summed E-state index contributed by atoms with van der Waals surface area (Å²) in [5.41, 5.74) is 2.54. The van der Waals surface area contributed by atoms with Crippen molar-refractivity contribution in [2.45, 2.75) is 31.7 Å². The van der Waals surface area contributed by atoms with E-state index in [0.717, 1.165) is 40.5 Å². The average molecular weight is 393 g/mol. The summed E-state index contributed by atoms with van der Waals surface area (Å²) < 4.78 is 1.13. The van der Waals surface area contributed by atoms with Crippen LogP contribution in [0.15, 0.2) is 39.1 Å². The molecule has 1 fully saturated rings. The molecule has 2 aromatic rings. The lowest BCUT2D eigenvalue weighted by Crippen LogP contribution is -2.39. The third-order valence-corrected chi connectivity index (χ3v) is 5.33. The van der Waals surface area contributed by atoms with Gasteiger partial charge in [-0.05, 0) is 31.0 Å². The monoisotopic (exact) mass is 392 g/mol. The maximum atomic E-state index is 4.48. The number of benzene rings is 1. The molecule has 0 aliphatic heterocycles. The van der Waals surface area contributed by atoms with Gasteiger partial charge in [0.1, 0.15) is 0 Å². The number of nitrogens with zero attached hydrogens (tertiary/aromatic N) is 2. The summed E-state index contributed by atoms with van der Waals surface area (Å²) in [6, 6.07) is 9.07. The number of aromatic nitrogens is 1. The minimum Gasteiger partial charge on any atom is -0.356 e. The Morgan fingerprint density at radius 1 is 1.39 bits per heavy atom. The summed E-state index contributed by atoms with van der Waals surface area (Å²) in [4.78, 5) is 8.80. The molecular weight excluding hydrogens is 372 g/mol. The van der Waals surface area contributed by atoms with Crippen molar-refractivity contribution >= 4 is 33.2 Å². The molecule has 1 aromatic heterocycles.